The van der Waals surface area contributed by atoms with Gasteiger partial charge in [-0.25, -0.2) is 0 Å². The van der Waals surface area contributed by atoms with Crippen LogP contribution >= 0.6 is 35.6 Å². The molecule has 1 heterocycles. The average Bonchev–Trinajstić information content (AvgIpc) is 2.74. The molecule has 0 aliphatic heterocycles. The third-order valence-corrected chi connectivity index (χ3v) is 5.24. The van der Waals surface area contributed by atoms with Gasteiger partial charge in [-0.2, -0.15) is 9.97 Å². The molecular formula is C22H22Cl3N3O3. The molecule has 2 aromatic carbocycles. The summed E-state index contributed by atoms with van der Waals surface area (Å²) in [6.45, 7) is 2.24. The predicted molar refractivity (Wildman–Crippen MR) is 126 cm³/mol. The first-order valence-corrected chi connectivity index (χ1v) is 10.1. The van der Waals surface area contributed by atoms with Crippen molar-refractivity contribution in [3.8, 4) is 17.3 Å². The number of nitrogens with one attached hydrogen (secondary N) is 1. The highest BCUT2D eigenvalue weighted by Crippen LogP contribution is 2.26. The van der Waals surface area contributed by atoms with Crippen LogP contribution in [0.15, 0.2) is 48.5 Å². The Morgan fingerprint density at radius 1 is 1.16 bits per heavy atom. The number of ether oxygens (including phenoxy) is 1. The fourth-order valence-electron chi connectivity index (χ4n) is 2.91. The maximum atomic E-state index is 11.3. The molecule has 3 aromatic rings. The molecule has 0 saturated carbocycles. The standard InChI is InChI=1S/C22H21Cl2N3O3.ClH/c1-13(21(28)29)15-4-3-5-16(10-15)19-12-20(27-22(26-19)30-2)25-9-8-14-6-7-17(23)11-18(14)24;/h3-7,10-13H,8-9H2,1-2H3,(H,28,29)(H,25,26,27);1H. The number of halogens is 3. The van der Waals surface area contributed by atoms with Crippen molar-refractivity contribution in [2.75, 3.05) is 19.0 Å². The maximum Gasteiger partial charge on any atom is 0.318 e. The number of benzene rings is 2. The van der Waals surface area contributed by atoms with E-state index in [1.807, 2.05) is 24.3 Å². The number of nitrogens with zero attached hydrogens (tertiary/aromatic N) is 2. The van der Waals surface area contributed by atoms with E-state index in [2.05, 4.69) is 15.3 Å². The molecule has 31 heavy (non-hydrogen) atoms. The van der Waals surface area contributed by atoms with Crippen LogP contribution in [0, 0.1) is 0 Å². The number of aliphatic carboxylic acids is 1. The highest BCUT2D eigenvalue weighted by molar-refractivity contribution is 6.35. The second kappa shape index (κ2) is 11.2. The monoisotopic (exact) mass is 481 g/mol. The van der Waals surface area contributed by atoms with E-state index in [9.17, 15) is 9.90 Å². The molecule has 3 rings (SSSR count). The third kappa shape index (κ3) is 6.47. The van der Waals surface area contributed by atoms with Crippen LogP contribution in [0.4, 0.5) is 5.82 Å². The lowest BCUT2D eigenvalue weighted by molar-refractivity contribution is -0.138. The van der Waals surface area contributed by atoms with Crippen LogP contribution in [0.1, 0.15) is 24.0 Å². The number of rotatable bonds is 8. The van der Waals surface area contributed by atoms with Crippen molar-refractivity contribution in [3.63, 3.8) is 0 Å². The zero-order chi connectivity index (χ0) is 21.7. The maximum absolute atomic E-state index is 11.3. The van der Waals surface area contributed by atoms with E-state index in [1.165, 1.54) is 7.11 Å². The lowest BCUT2D eigenvalue weighted by Gasteiger charge is -2.12. The van der Waals surface area contributed by atoms with Crippen LogP contribution in [0.5, 0.6) is 6.01 Å². The van der Waals surface area contributed by atoms with E-state index >= 15 is 0 Å². The number of aromatic nitrogens is 2. The molecule has 0 amide bonds. The van der Waals surface area contributed by atoms with E-state index in [0.29, 0.717) is 40.1 Å². The summed E-state index contributed by atoms with van der Waals surface area (Å²) >= 11 is 12.2. The number of methoxy groups -OCH3 is 1. The summed E-state index contributed by atoms with van der Waals surface area (Å²) in [5, 5.41) is 13.8. The van der Waals surface area contributed by atoms with Crippen LogP contribution in [0.2, 0.25) is 10.0 Å². The second-order valence-corrected chi connectivity index (χ2v) is 7.57. The highest BCUT2D eigenvalue weighted by atomic mass is 35.5. The quantitative estimate of drug-likeness (QED) is 0.427. The van der Waals surface area contributed by atoms with Crippen LogP contribution in [0.25, 0.3) is 11.3 Å². The predicted octanol–water partition coefficient (Wildman–Crippen LogP) is 5.72. The van der Waals surface area contributed by atoms with Gasteiger partial charge in [0.25, 0.3) is 0 Å². The lowest BCUT2D eigenvalue weighted by Crippen LogP contribution is -2.09. The molecule has 9 heteroatoms. The van der Waals surface area contributed by atoms with Gasteiger partial charge < -0.3 is 15.2 Å². The molecule has 1 atom stereocenters. The zero-order valence-electron chi connectivity index (χ0n) is 16.9. The molecule has 0 aliphatic rings. The molecule has 0 spiro atoms. The Balaban J connectivity index is 0.00000341. The van der Waals surface area contributed by atoms with Crippen molar-refractivity contribution in [2.24, 2.45) is 0 Å². The van der Waals surface area contributed by atoms with E-state index in [-0.39, 0.29) is 18.4 Å². The first kappa shape index (κ1) is 24.7. The van der Waals surface area contributed by atoms with Crippen molar-refractivity contribution >= 4 is 47.4 Å². The van der Waals surface area contributed by atoms with Gasteiger partial charge in [-0.05, 0) is 42.7 Å². The minimum atomic E-state index is -0.879. The average molecular weight is 483 g/mol. The Labute approximate surface area is 197 Å². The first-order valence-electron chi connectivity index (χ1n) is 9.31. The van der Waals surface area contributed by atoms with E-state index in [0.717, 1.165) is 11.1 Å². The Morgan fingerprint density at radius 3 is 2.61 bits per heavy atom. The third-order valence-electron chi connectivity index (χ3n) is 4.66. The van der Waals surface area contributed by atoms with Crippen LogP contribution in [0.3, 0.4) is 0 Å². The number of hydrogen-bond donors (Lipinski definition) is 2. The SMILES string of the molecule is COc1nc(NCCc2ccc(Cl)cc2Cl)cc(-c2cccc(C(C)C(=O)O)c2)n1.Cl. The Morgan fingerprint density at radius 2 is 1.94 bits per heavy atom. The van der Waals surface area contributed by atoms with Gasteiger partial charge in [-0.3, -0.25) is 4.79 Å². The molecule has 2 N–H and O–H groups in total. The normalized spacial score (nSPS) is 11.4. The van der Waals surface area contributed by atoms with E-state index in [4.69, 9.17) is 27.9 Å². The van der Waals surface area contributed by atoms with Crippen molar-refractivity contribution < 1.29 is 14.6 Å². The molecule has 0 saturated heterocycles. The minimum Gasteiger partial charge on any atom is -0.481 e. The second-order valence-electron chi connectivity index (χ2n) is 6.72. The Kier molecular flexibility index (Phi) is 8.92. The number of carboxylic acid groups (broad SMARTS) is 1. The molecule has 0 aliphatic carbocycles. The molecule has 6 nitrogen and oxygen atoms in total. The largest absolute Gasteiger partial charge is 0.481 e. The van der Waals surface area contributed by atoms with Gasteiger partial charge in [-0.15, -0.1) is 12.4 Å². The van der Waals surface area contributed by atoms with Gasteiger partial charge in [0.1, 0.15) is 5.82 Å². The van der Waals surface area contributed by atoms with Crippen LogP contribution < -0.4 is 10.1 Å². The molecule has 0 radical (unpaired) electrons. The summed E-state index contributed by atoms with van der Waals surface area (Å²) in [7, 11) is 1.50. The number of anilines is 1. The summed E-state index contributed by atoms with van der Waals surface area (Å²) in [4.78, 5) is 20.0. The first-order chi connectivity index (χ1) is 14.4. The summed E-state index contributed by atoms with van der Waals surface area (Å²) < 4.78 is 5.24. The van der Waals surface area contributed by atoms with Crippen molar-refractivity contribution in [1.29, 1.82) is 0 Å². The van der Waals surface area contributed by atoms with Gasteiger partial charge >= 0.3 is 12.0 Å². The van der Waals surface area contributed by atoms with Crippen LogP contribution in [-0.4, -0.2) is 34.7 Å². The fourth-order valence-corrected chi connectivity index (χ4v) is 3.42. The number of hydrogen-bond acceptors (Lipinski definition) is 5. The molecule has 164 valence electrons. The lowest BCUT2D eigenvalue weighted by atomic mass is 9.98. The molecule has 0 bridgehead atoms. The van der Waals surface area contributed by atoms with E-state index in [1.54, 1.807) is 31.2 Å². The summed E-state index contributed by atoms with van der Waals surface area (Å²) in [6.07, 6.45) is 0.684. The van der Waals surface area contributed by atoms with Gasteiger partial charge in [-0.1, -0.05) is 47.5 Å². The molecule has 0 fully saturated rings. The van der Waals surface area contributed by atoms with Crippen LogP contribution in [-0.2, 0) is 11.2 Å². The highest BCUT2D eigenvalue weighted by Gasteiger charge is 2.15. The van der Waals surface area contributed by atoms with Crippen molar-refractivity contribution in [2.45, 2.75) is 19.3 Å². The van der Waals surface area contributed by atoms with Crippen molar-refractivity contribution in [1.82, 2.24) is 9.97 Å². The molecule has 1 aromatic heterocycles. The Bertz CT molecular complexity index is 1060. The summed E-state index contributed by atoms with van der Waals surface area (Å²) in [6, 6.07) is 14.7. The topological polar surface area (TPSA) is 84.3 Å². The van der Waals surface area contributed by atoms with Gasteiger partial charge in [0.05, 0.1) is 18.7 Å². The Hall–Kier alpha value is -2.54. The summed E-state index contributed by atoms with van der Waals surface area (Å²) in [5.41, 5.74) is 3.09. The molecular weight excluding hydrogens is 461 g/mol. The smallest absolute Gasteiger partial charge is 0.318 e. The minimum absolute atomic E-state index is 0. The molecule has 1 unspecified atom stereocenters. The van der Waals surface area contributed by atoms with Crippen molar-refractivity contribution in [3.05, 3.63) is 69.7 Å². The van der Waals surface area contributed by atoms with E-state index < -0.39 is 11.9 Å². The zero-order valence-corrected chi connectivity index (χ0v) is 19.3. The van der Waals surface area contributed by atoms with Gasteiger partial charge in [0, 0.05) is 28.2 Å². The summed E-state index contributed by atoms with van der Waals surface area (Å²) in [5.74, 6) is -0.898. The number of carboxylic acids is 1. The number of carbonyl (C=O) groups is 1. The van der Waals surface area contributed by atoms with Gasteiger partial charge in [0.15, 0.2) is 0 Å². The fraction of sp³-hybridized carbons (Fsp3) is 0.227. The van der Waals surface area contributed by atoms with Gasteiger partial charge in [0.2, 0.25) is 0 Å².